The summed E-state index contributed by atoms with van der Waals surface area (Å²) >= 11 is 0. The first kappa shape index (κ1) is 15.0. The second-order valence-corrected chi connectivity index (χ2v) is 6.17. The van der Waals surface area contributed by atoms with Gasteiger partial charge in [-0.05, 0) is 55.9 Å². The molecule has 1 N–H and O–H groups in total. The molecule has 0 radical (unpaired) electrons. The first-order valence-corrected chi connectivity index (χ1v) is 7.87. The molecule has 1 aromatic carbocycles. The average Bonchev–Trinajstić information content (AvgIpc) is 3.37. The van der Waals surface area contributed by atoms with Crippen LogP contribution in [0.4, 0.5) is 0 Å². The third-order valence-electron chi connectivity index (χ3n) is 4.31. The highest BCUT2D eigenvalue weighted by molar-refractivity contribution is 5.96. The second kappa shape index (κ2) is 6.48. The Kier molecular flexibility index (Phi) is 4.43. The Labute approximate surface area is 129 Å². The predicted molar refractivity (Wildman–Crippen MR) is 81.0 cm³/mol. The van der Waals surface area contributed by atoms with Gasteiger partial charge in [-0.1, -0.05) is 0 Å². The van der Waals surface area contributed by atoms with Crippen molar-refractivity contribution in [3.8, 4) is 0 Å². The maximum absolute atomic E-state index is 12.5. The lowest BCUT2D eigenvalue weighted by Crippen LogP contribution is -2.43. The summed E-state index contributed by atoms with van der Waals surface area (Å²) < 4.78 is 5.90. The van der Waals surface area contributed by atoms with Gasteiger partial charge >= 0.3 is 5.97 Å². The highest BCUT2D eigenvalue weighted by Gasteiger charge is 2.28. The molecule has 0 bridgehead atoms. The molecule has 1 amide bonds. The van der Waals surface area contributed by atoms with E-state index in [0.717, 1.165) is 31.9 Å². The molecular weight excluding hydrogens is 282 g/mol. The Balaban J connectivity index is 1.59. The number of aromatic carboxylic acids is 1. The van der Waals surface area contributed by atoms with Crippen molar-refractivity contribution >= 4 is 11.9 Å². The quantitative estimate of drug-likeness (QED) is 0.907. The number of hydrogen-bond acceptors (Lipinski definition) is 3. The molecule has 5 nitrogen and oxygen atoms in total. The molecule has 0 spiro atoms. The van der Waals surface area contributed by atoms with E-state index >= 15 is 0 Å². The third kappa shape index (κ3) is 3.65. The number of carboxylic acids is 1. The van der Waals surface area contributed by atoms with E-state index in [1.807, 2.05) is 4.90 Å². The van der Waals surface area contributed by atoms with Crippen molar-refractivity contribution in [3.05, 3.63) is 35.4 Å². The zero-order chi connectivity index (χ0) is 15.5. The number of carbonyl (C=O) groups is 2. The van der Waals surface area contributed by atoms with Crippen LogP contribution < -0.4 is 0 Å². The van der Waals surface area contributed by atoms with Gasteiger partial charge in [0.15, 0.2) is 0 Å². The molecule has 1 aliphatic heterocycles. The number of carboxylic acid groups (broad SMARTS) is 1. The third-order valence-corrected chi connectivity index (χ3v) is 4.31. The van der Waals surface area contributed by atoms with Crippen molar-refractivity contribution < 1.29 is 19.4 Å². The van der Waals surface area contributed by atoms with E-state index in [9.17, 15) is 9.59 Å². The van der Waals surface area contributed by atoms with Crippen LogP contribution in [0.25, 0.3) is 0 Å². The van der Waals surface area contributed by atoms with Crippen LogP contribution in [0.15, 0.2) is 24.3 Å². The lowest BCUT2D eigenvalue weighted by Gasteiger charge is -2.32. The number of piperidine rings is 1. The average molecular weight is 303 g/mol. The van der Waals surface area contributed by atoms with Gasteiger partial charge in [-0.2, -0.15) is 0 Å². The van der Waals surface area contributed by atoms with Gasteiger partial charge in [0.2, 0.25) is 0 Å². The maximum atomic E-state index is 12.5. The summed E-state index contributed by atoms with van der Waals surface area (Å²) in [6.07, 6.45) is 4.64. The molecule has 1 atom stereocenters. The van der Waals surface area contributed by atoms with Crippen molar-refractivity contribution in [1.82, 2.24) is 4.90 Å². The molecule has 1 heterocycles. The number of likely N-dealkylation sites (tertiary alicyclic amines) is 1. The van der Waals surface area contributed by atoms with Gasteiger partial charge in [-0.25, -0.2) is 4.79 Å². The number of amides is 1. The minimum atomic E-state index is -0.981. The smallest absolute Gasteiger partial charge is 0.335 e. The molecule has 5 heteroatoms. The number of hydrogen-bond donors (Lipinski definition) is 1. The summed E-state index contributed by atoms with van der Waals surface area (Å²) in [6, 6.07) is 6.11. The monoisotopic (exact) mass is 303 g/mol. The topological polar surface area (TPSA) is 66.8 Å². The number of carbonyl (C=O) groups excluding carboxylic acids is 1. The Morgan fingerprint density at radius 3 is 2.45 bits per heavy atom. The molecule has 0 aromatic heterocycles. The molecular formula is C17H21NO4. The highest BCUT2D eigenvalue weighted by Crippen LogP contribution is 2.30. The van der Waals surface area contributed by atoms with E-state index < -0.39 is 5.97 Å². The molecule has 2 fully saturated rings. The lowest BCUT2D eigenvalue weighted by molar-refractivity contribution is -0.00242. The fourth-order valence-electron chi connectivity index (χ4n) is 2.75. The maximum Gasteiger partial charge on any atom is 0.335 e. The lowest BCUT2D eigenvalue weighted by atomic mass is 10.1. The van der Waals surface area contributed by atoms with Gasteiger partial charge in [0.05, 0.1) is 11.7 Å². The number of ether oxygens (including phenoxy) is 1. The fraction of sp³-hybridized carbons (Fsp3) is 0.529. The van der Waals surface area contributed by atoms with E-state index in [1.54, 1.807) is 12.1 Å². The molecule has 3 rings (SSSR count). The van der Waals surface area contributed by atoms with Crippen LogP contribution in [0.2, 0.25) is 0 Å². The van der Waals surface area contributed by atoms with Crippen molar-refractivity contribution in [2.75, 3.05) is 19.7 Å². The van der Waals surface area contributed by atoms with E-state index in [-0.39, 0.29) is 17.6 Å². The molecule has 1 unspecified atom stereocenters. The summed E-state index contributed by atoms with van der Waals surface area (Å²) in [4.78, 5) is 25.2. The first-order chi connectivity index (χ1) is 10.6. The molecule has 22 heavy (non-hydrogen) atoms. The molecule has 118 valence electrons. The van der Waals surface area contributed by atoms with Gasteiger partial charge in [0, 0.05) is 25.3 Å². The van der Waals surface area contributed by atoms with Crippen LogP contribution in [-0.2, 0) is 4.74 Å². The predicted octanol–water partition coefficient (Wildman–Crippen LogP) is 2.42. The van der Waals surface area contributed by atoms with Crippen LogP contribution in [0.3, 0.4) is 0 Å². The van der Waals surface area contributed by atoms with Gasteiger partial charge < -0.3 is 14.7 Å². The van der Waals surface area contributed by atoms with Gasteiger partial charge in [-0.15, -0.1) is 0 Å². The number of benzene rings is 1. The van der Waals surface area contributed by atoms with Gasteiger partial charge in [0.1, 0.15) is 0 Å². The van der Waals surface area contributed by atoms with E-state index in [2.05, 4.69) is 0 Å². The number of nitrogens with zero attached hydrogens (tertiary/aromatic N) is 1. The van der Waals surface area contributed by atoms with Crippen molar-refractivity contribution in [2.45, 2.75) is 31.8 Å². The molecule has 1 saturated carbocycles. The summed E-state index contributed by atoms with van der Waals surface area (Å²) in [7, 11) is 0. The Morgan fingerprint density at radius 1 is 1.14 bits per heavy atom. The molecule has 2 aliphatic rings. The molecule has 1 saturated heterocycles. The second-order valence-electron chi connectivity index (χ2n) is 6.17. The Bertz CT molecular complexity index is 550. The zero-order valence-electron chi connectivity index (χ0n) is 12.5. The van der Waals surface area contributed by atoms with Crippen LogP contribution in [0.5, 0.6) is 0 Å². The van der Waals surface area contributed by atoms with E-state index in [4.69, 9.17) is 9.84 Å². The van der Waals surface area contributed by atoms with Crippen LogP contribution >= 0.6 is 0 Å². The fourth-order valence-corrected chi connectivity index (χ4v) is 2.75. The largest absolute Gasteiger partial charge is 0.478 e. The van der Waals surface area contributed by atoms with Crippen LogP contribution in [0, 0.1) is 5.92 Å². The SMILES string of the molecule is O=C(O)c1ccc(C(=O)N2CCCC(OCC3CC3)C2)cc1. The van der Waals surface area contributed by atoms with Crippen LogP contribution in [0.1, 0.15) is 46.4 Å². The number of rotatable bonds is 5. The van der Waals surface area contributed by atoms with Crippen molar-refractivity contribution in [3.63, 3.8) is 0 Å². The normalized spacial score (nSPS) is 21.6. The summed E-state index contributed by atoms with van der Waals surface area (Å²) in [5, 5.41) is 8.89. The Hall–Kier alpha value is -1.88. The minimum absolute atomic E-state index is 0.0448. The zero-order valence-corrected chi connectivity index (χ0v) is 12.5. The first-order valence-electron chi connectivity index (χ1n) is 7.87. The van der Waals surface area contributed by atoms with E-state index in [0.29, 0.717) is 12.1 Å². The summed E-state index contributed by atoms with van der Waals surface area (Å²) in [5.74, 6) is -0.295. The van der Waals surface area contributed by atoms with E-state index in [1.165, 1.54) is 25.0 Å². The van der Waals surface area contributed by atoms with Crippen LogP contribution in [-0.4, -0.2) is 47.7 Å². The molecule has 1 aliphatic carbocycles. The highest BCUT2D eigenvalue weighted by atomic mass is 16.5. The summed E-state index contributed by atoms with van der Waals surface area (Å²) in [6.45, 7) is 2.19. The van der Waals surface area contributed by atoms with Gasteiger partial charge in [0.25, 0.3) is 5.91 Å². The molecule has 1 aromatic rings. The standard InChI is InChI=1S/C17H21NO4/c19-16(13-5-7-14(8-6-13)17(20)21)18-9-1-2-15(10-18)22-11-12-3-4-12/h5-8,12,15H,1-4,9-11H2,(H,20,21). The minimum Gasteiger partial charge on any atom is -0.478 e. The van der Waals surface area contributed by atoms with Crippen molar-refractivity contribution in [2.24, 2.45) is 5.92 Å². The van der Waals surface area contributed by atoms with Crippen molar-refractivity contribution in [1.29, 1.82) is 0 Å². The summed E-state index contributed by atoms with van der Waals surface area (Å²) in [5.41, 5.74) is 0.730. The Morgan fingerprint density at radius 2 is 1.82 bits per heavy atom. The van der Waals surface area contributed by atoms with Gasteiger partial charge in [-0.3, -0.25) is 4.79 Å².